The number of carbonyl (C=O) groups is 2. The zero-order valence-corrected chi connectivity index (χ0v) is 17.9. The SMILES string of the molecule is CCCOC(=O)c1c(NC(=O)c2c(-c3ccccc3)noc2C)sc2c1CCCC2. The van der Waals surface area contributed by atoms with E-state index in [2.05, 4.69) is 10.5 Å². The Kier molecular flexibility index (Phi) is 5.99. The summed E-state index contributed by atoms with van der Waals surface area (Å²) in [7, 11) is 0. The fourth-order valence-electron chi connectivity index (χ4n) is 3.74. The lowest BCUT2D eigenvalue weighted by atomic mass is 9.95. The Hall–Kier alpha value is -2.93. The number of aromatic nitrogens is 1. The second-order valence-electron chi connectivity index (χ2n) is 7.33. The monoisotopic (exact) mass is 424 g/mol. The molecule has 0 bridgehead atoms. The quantitative estimate of drug-likeness (QED) is 0.535. The van der Waals surface area contributed by atoms with E-state index >= 15 is 0 Å². The zero-order valence-electron chi connectivity index (χ0n) is 17.1. The molecule has 3 aromatic rings. The van der Waals surface area contributed by atoms with E-state index in [1.165, 1.54) is 11.3 Å². The summed E-state index contributed by atoms with van der Waals surface area (Å²) in [5.41, 5.74) is 3.19. The van der Waals surface area contributed by atoms with Gasteiger partial charge in [0.2, 0.25) is 0 Å². The molecule has 2 aromatic heterocycles. The van der Waals surface area contributed by atoms with Crippen LogP contribution in [0.15, 0.2) is 34.9 Å². The Morgan fingerprint density at radius 3 is 2.70 bits per heavy atom. The Morgan fingerprint density at radius 2 is 1.93 bits per heavy atom. The summed E-state index contributed by atoms with van der Waals surface area (Å²) in [6.07, 6.45) is 4.63. The predicted molar refractivity (Wildman–Crippen MR) is 116 cm³/mol. The lowest BCUT2D eigenvalue weighted by Gasteiger charge is -2.12. The lowest BCUT2D eigenvalue weighted by Crippen LogP contribution is -2.17. The van der Waals surface area contributed by atoms with Crippen LogP contribution in [0.25, 0.3) is 11.3 Å². The number of amides is 1. The number of nitrogens with zero attached hydrogens (tertiary/aromatic N) is 1. The number of carbonyl (C=O) groups excluding carboxylic acids is 2. The van der Waals surface area contributed by atoms with Crippen LogP contribution in [0, 0.1) is 6.92 Å². The maximum Gasteiger partial charge on any atom is 0.341 e. The summed E-state index contributed by atoms with van der Waals surface area (Å²) < 4.78 is 10.7. The molecule has 156 valence electrons. The molecule has 1 aliphatic carbocycles. The van der Waals surface area contributed by atoms with Crippen molar-refractivity contribution in [2.45, 2.75) is 46.0 Å². The van der Waals surface area contributed by atoms with Gasteiger partial charge in [-0.3, -0.25) is 4.79 Å². The fourth-order valence-corrected chi connectivity index (χ4v) is 5.01. The molecule has 0 fully saturated rings. The van der Waals surface area contributed by atoms with Crippen molar-refractivity contribution in [3.8, 4) is 11.3 Å². The van der Waals surface area contributed by atoms with E-state index in [9.17, 15) is 9.59 Å². The van der Waals surface area contributed by atoms with Gasteiger partial charge in [-0.05, 0) is 44.6 Å². The molecule has 2 heterocycles. The number of fused-ring (bicyclic) bond motifs is 1. The van der Waals surface area contributed by atoms with E-state index in [1.807, 2.05) is 37.3 Å². The maximum absolute atomic E-state index is 13.2. The van der Waals surface area contributed by atoms with Crippen molar-refractivity contribution in [1.29, 1.82) is 0 Å². The molecular weight excluding hydrogens is 400 g/mol. The predicted octanol–water partition coefficient (Wildman–Crippen LogP) is 5.41. The van der Waals surface area contributed by atoms with E-state index < -0.39 is 0 Å². The van der Waals surface area contributed by atoms with Crippen molar-refractivity contribution in [2.24, 2.45) is 0 Å². The first-order chi connectivity index (χ1) is 14.6. The molecule has 7 heteroatoms. The number of anilines is 1. The number of hydrogen-bond acceptors (Lipinski definition) is 6. The average molecular weight is 425 g/mol. The second-order valence-corrected chi connectivity index (χ2v) is 8.44. The summed E-state index contributed by atoms with van der Waals surface area (Å²) in [5, 5.41) is 7.59. The van der Waals surface area contributed by atoms with Gasteiger partial charge in [0.15, 0.2) is 0 Å². The first kappa shape index (κ1) is 20.3. The van der Waals surface area contributed by atoms with Crippen molar-refractivity contribution in [3.63, 3.8) is 0 Å². The van der Waals surface area contributed by atoms with Crippen molar-refractivity contribution in [1.82, 2.24) is 5.16 Å². The summed E-state index contributed by atoms with van der Waals surface area (Å²) in [5.74, 6) is -0.268. The van der Waals surface area contributed by atoms with Gasteiger partial charge in [-0.25, -0.2) is 4.79 Å². The van der Waals surface area contributed by atoms with Gasteiger partial charge in [0.05, 0.1) is 12.2 Å². The molecule has 0 radical (unpaired) electrons. The fraction of sp³-hybridized carbons (Fsp3) is 0.348. The van der Waals surface area contributed by atoms with Crippen LogP contribution < -0.4 is 5.32 Å². The van der Waals surface area contributed by atoms with Gasteiger partial charge in [-0.2, -0.15) is 0 Å². The first-order valence-electron chi connectivity index (χ1n) is 10.2. The van der Waals surface area contributed by atoms with Crippen LogP contribution in [0.2, 0.25) is 0 Å². The standard InChI is InChI=1S/C23H24N2O4S/c1-3-13-28-23(27)19-16-11-7-8-12-17(16)30-22(19)24-21(26)18-14(2)29-25-20(18)15-9-5-4-6-10-15/h4-6,9-10H,3,7-8,11-13H2,1-2H3,(H,24,26). The summed E-state index contributed by atoms with van der Waals surface area (Å²) in [4.78, 5) is 27.2. The number of nitrogens with one attached hydrogen (secondary N) is 1. The molecule has 1 aromatic carbocycles. The maximum atomic E-state index is 13.2. The normalized spacial score (nSPS) is 13.0. The smallest absolute Gasteiger partial charge is 0.341 e. The molecule has 30 heavy (non-hydrogen) atoms. The van der Waals surface area contributed by atoms with Gasteiger partial charge in [-0.1, -0.05) is 42.4 Å². The summed E-state index contributed by atoms with van der Waals surface area (Å²) in [6, 6.07) is 9.43. The molecule has 1 amide bonds. The third-order valence-electron chi connectivity index (χ3n) is 5.18. The van der Waals surface area contributed by atoms with Crippen LogP contribution in [-0.2, 0) is 17.6 Å². The highest BCUT2D eigenvalue weighted by Crippen LogP contribution is 2.39. The van der Waals surface area contributed by atoms with Crippen molar-refractivity contribution in [3.05, 3.63) is 57.7 Å². The molecule has 1 aliphatic rings. The number of esters is 1. The highest BCUT2D eigenvalue weighted by atomic mass is 32.1. The van der Waals surface area contributed by atoms with Crippen LogP contribution in [0.3, 0.4) is 0 Å². The molecular formula is C23H24N2O4S. The minimum Gasteiger partial charge on any atom is -0.462 e. The summed E-state index contributed by atoms with van der Waals surface area (Å²) in [6.45, 7) is 4.03. The molecule has 0 unspecified atom stereocenters. The third-order valence-corrected chi connectivity index (χ3v) is 6.38. The van der Waals surface area contributed by atoms with Crippen LogP contribution in [0.5, 0.6) is 0 Å². The number of rotatable bonds is 6. The van der Waals surface area contributed by atoms with Crippen LogP contribution >= 0.6 is 11.3 Å². The van der Waals surface area contributed by atoms with Crippen molar-refractivity contribution in [2.75, 3.05) is 11.9 Å². The van der Waals surface area contributed by atoms with Gasteiger partial charge in [0.25, 0.3) is 5.91 Å². The molecule has 0 saturated heterocycles. The molecule has 1 N–H and O–H groups in total. The minimum atomic E-state index is -0.364. The topological polar surface area (TPSA) is 81.4 Å². The lowest BCUT2D eigenvalue weighted by molar-refractivity contribution is 0.0505. The van der Waals surface area contributed by atoms with E-state index in [-0.39, 0.29) is 11.9 Å². The number of benzene rings is 1. The Labute approximate surface area is 179 Å². The van der Waals surface area contributed by atoms with Crippen LogP contribution in [0.1, 0.15) is 63.1 Å². The van der Waals surface area contributed by atoms with Crippen molar-refractivity contribution < 1.29 is 18.8 Å². The van der Waals surface area contributed by atoms with Crippen LogP contribution in [0.4, 0.5) is 5.00 Å². The van der Waals surface area contributed by atoms with E-state index in [0.29, 0.717) is 34.2 Å². The average Bonchev–Trinajstić information content (AvgIpc) is 3.32. The molecule has 4 rings (SSSR count). The Morgan fingerprint density at radius 1 is 1.17 bits per heavy atom. The van der Waals surface area contributed by atoms with Gasteiger partial charge in [-0.15, -0.1) is 11.3 Å². The van der Waals surface area contributed by atoms with E-state index in [4.69, 9.17) is 9.26 Å². The van der Waals surface area contributed by atoms with Gasteiger partial charge >= 0.3 is 5.97 Å². The first-order valence-corrected chi connectivity index (χ1v) is 11.1. The molecule has 0 spiro atoms. The number of thiophene rings is 1. The van der Waals surface area contributed by atoms with E-state index in [0.717, 1.165) is 48.1 Å². The third kappa shape index (κ3) is 3.89. The van der Waals surface area contributed by atoms with Crippen LogP contribution in [-0.4, -0.2) is 23.6 Å². The molecule has 0 saturated carbocycles. The molecule has 0 atom stereocenters. The number of hydrogen-bond donors (Lipinski definition) is 1. The highest BCUT2D eigenvalue weighted by Gasteiger charge is 2.29. The number of aryl methyl sites for hydroxylation is 2. The Balaban J connectivity index is 1.69. The minimum absolute atomic E-state index is 0.337. The Bertz CT molecular complexity index is 1070. The van der Waals surface area contributed by atoms with Crippen molar-refractivity contribution >= 4 is 28.2 Å². The summed E-state index contributed by atoms with van der Waals surface area (Å²) >= 11 is 1.47. The molecule has 6 nitrogen and oxygen atoms in total. The van der Waals surface area contributed by atoms with Gasteiger partial charge in [0, 0.05) is 10.4 Å². The largest absolute Gasteiger partial charge is 0.462 e. The second kappa shape index (κ2) is 8.83. The highest BCUT2D eigenvalue weighted by molar-refractivity contribution is 7.17. The molecule has 0 aliphatic heterocycles. The van der Waals surface area contributed by atoms with E-state index in [1.54, 1.807) is 6.92 Å². The van der Waals surface area contributed by atoms with Gasteiger partial charge in [0.1, 0.15) is 22.0 Å². The van der Waals surface area contributed by atoms with Gasteiger partial charge < -0.3 is 14.6 Å². The number of ether oxygens (including phenoxy) is 1. The zero-order chi connectivity index (χ0) is 21.1.